The van der Waals surface area contributed by atoms with Gasteiger partial charge in [-0.1, -0.05) is 17.8 Å². The molecule has 0 spiro atoms. The second-order valence-electron chi connectivity index (χ2n) is 6.28. The van der Waals surface area contributed by atoms with Gasteiger partial charge in [0.05, 0.1) is 12.8 Å². The van der Waals surface area contributed by atoms with Crippen LogP contribution in [0.15, 0.2) is 42.5 Å². The largest absolute Gasteiger partial charge is 0.495 e. The molecule has 0 bridgehead atoms. The zero-order valence-corrected chi connectivity index (χ0v) is 16.6. The number of nitrogens with zero attached hydrogens (tertiary/aromatic N) is 1. The topological polar surface area (TPSA) is 87.7 Å². The first-order chi connectivity index (χ1) is 14.0. The van der Waals surface area contributed by atoms with Crippen molar-refractivity contribution < 1.29 is 23.5 Å². The van der Waals surface area contributed by atoms with E-state index in [2.05, 4.69) is 10.6 Å². The number of anilines is 2. The van der Waals surface area contributed by atoms with Gasteiger partial charge in [-0.3, -0.25) is 14.4 Å². The molecular formula is C20H20FN3O4S. The fourth-order valence-corrected chi connectivity index (χ4v) is 3.65. The monoisotopic (exact) mass is 417 g/mol. The number of thioether (sulfide) groups is 1. The minimum Gasteiger partial charge on any atom is -0.495 e. The lowest BCUT2D eigenvalue weighted by Crippen LogP contribution is -2.27. The molecule has 2 N–H and O–H groups in total. The van der Waals surface area contributed by atoms with Crippen LogP contribution in [0.5, 0.6) is 5.75 Å². The molecule has 1 heterocycles. The molecule has 2 aromatic carbocycles. The van der Waals surface area contributed by atoms with Crippen molar-refractivity contribution in [1.29, 1.82) is 0 Å². The molecule has 152 valence electrons. The Kier molecular flexibility index (Phi) is 6.71. The summed E-state index contributed by atoms with van der Waals surface area (Å²) in [6.45, 7) is 1.01. The highest BCUT2D eigenvalue weighted by molar-refractivity contribution is 8.13. The van der Waals surface area contributed by atoms with E-state index in [0.717, 1.165) is 11.8 Å². The standard InChI is InChI=1S/C20H20FN3O4S/c1-28-17-6-5-15(22-18(25)7-8-24-9-10-29-20(24)27)12-16(17)23-19(26)13-3-2-4-14(21)11-13/h2-6,11-12H,7-10H2,1H3,(H,22,25)(H,23,26). The van der Waals surface area contributed by atoms with E-state index in [1.807, 2.05) is 0 Å². The summed E-state index contributed by atoms with van der Waals surface area (Å²) < 4.78 is 18.6. The van der Waals surface area contributed by atoms with E-state index in [-0.39, 0.29) is 23.1 Å². The van der Waals surface area contributed by atoms with Gasteiger partial charge >= 0.3 is 0 Å². The van der Waals surface area contributed by atoms with Crippen molar-refractivity contribution >= 4 is 40.2 Å². The molecule has 1 saturated heterocycles. The van der Waals surface area contributed by atoms with Gasteiger partial charge in [0, 0.05) is 36.5 Å². The lowest BCUT2D eigenvalue weighted by atomic mass is 10.2. The predicted octanol–water partition coefficient (Wildman–Crippen LogP) is 3.58. The van der Waals surface area contributed by atoms with Crippen molar-refractivity contribution in [1.82, 2.24) is 4.90 Å². The summed E-state index contributed by atoms with van der Waals surface area (Å²) in [5.74, 6) is -0.126. The second kappa shape index (κ2) is 9.42. The Labute approximate surface area is 171 Å². The number of benzene rings is 2. The highest BCUT2D eigenvalue weighted by atomic mass is 32.2. The maximum absolute atomic E-state index is 13.4. The third-order valence-electron chi connectivity index (χ3n) is 4.27. The van der Waals surface area contributed by atoms with Gasteiger partial charge < -0.3 is 20.3 Å². The number of nitrogens with one attached hydrogen (secondary N) is 2. The van der Waals surface area contributed by atoms with Crippen LogP contribution in [0.2, 0.25) is 0 Å². The van der Waals surface area contributed by atoms with Crippen molar-refractivity contribution in [3.8, 4) is 5.75 Å². The quantitative estimate of drug-likeness (QED) is 0.719. The minimum atomic E-state index is -0.513. The van der Waals surface area contributed by atoms with Gasteiger partial charge in [-0.15, -0.1) is 0 Å². The van der Waals surface area contributed by atoms with Gasteiger partial charge in [0.25, 0.3) is 11.1 Å². The Hall–Kier alpha value is -3.07. The Morgan fingerprint density at radius 1 is 1.21 bits per heavy atom. The highest BCUT2D eigenvalue weighted by Gasteiger charge is 2.21. The van der Waals surface area contributed by atoms with E-state index in [0.29, 0.717) is 30.2 Å². The Morgan fingerprint density at radius 3 is 2.72 bits per heavy atom. The molecule has 0 saturated carbocycles. The smallest absolute Gasteiger partial charge is 0.281 e. The molecular weight excluding hydrogens is 397 g/mol. The number of rotatable bonds is 7. The average molecular weight is 417 g/mol. The van der Waals surface area contributed by atoms with E-state index in [9.17, 15) is 18.8 Å². The summed E-state index contributed by atoms with van der Waals surface area (Å²) in [4.78, 5) is 37.8. The molecule has 3 amide bonds. The lowest BCUT2D eigenvalue weighted by molar-refractivity contribution is -0.116. The number of amides is 3. The molecule has 1 fully saturated rings. The number of halogens is 1. The maximum Gasteiger partial charge on any atom is 0.281 e. The Balaban J connectivity index is 1.65. The Bertz CT molecular complexity index is 938. The van der Waals surface area contributed by atoms with E-state index < -0.39 is 11.7 Å². The average Bonchev–Trinajstić information content (AvgIpc) is 3.11. The van der Waals surface area contributed by atoms with Crippen LogP contribution in [0, 0.1) is 5.82 Å². The molecule has 0 aromatic heterocycles. The van der Waals surface area contributed by atoms with E-state index in [1.165, 1.54) is 37.1 Å². The summed E-state index contributed by atoms with van der Waals surface area (Å²) >= 11 is 1.25. The van der Waals surface area contributed by atoms with E-state index >= 15 is 0 Å². The summed E-state index contributed by atoms with van der Waals surface area (Å²) in [5, 5.41) is 5.40. The lowest BCUT2D eigenvalue weighted by Gasteiger charge is -2.15. The predicted molar refractivity (Wildman–Crippen MR) is 110 cm³/mol. The number of hydrogen-bond donors (Lipinski definition) is 2. The van der Waals surface area contributed by atoms with Crippen molar-refractivity contribution in [3.05, 3.63) is 53.8 Å². The first-order valence-electron chi connectivity index (χ1n) is 8.93. The van der Waals surface area contributed by atoms with Crippen LogP contribution in [0.3, 0.4) is 0 Å². The van der Waals surface area contributed by atoms with Gasteiger partial charge in [0.2, 0.25) is 5.91 Å². The third kappa shape index (κ3) is 5.47. The van der Waals surface area contributed by atoms with Crippen molar-refractivity contribution in [2.45, 2.75) is 6.42 Å². The molecule has 29 heavy (non-hydrogen) atoms. The molecule has 0 aliphatic carbocycles. The molecule has 0 atom stereocenters. The number of carbonyl (C=O) groups excluding carboxylic acids is 3. The van der Waals surface area contributed by atoms with Crippen molar-refractivity contribution in [2.24, 2.45) is 0 Å². The van der Waals surface area contributed by atoms with Gasteiger partial charge in [-0.05, 0) is 36.4 Å². The number of ether oxygens (including phenoxy) is 1. The summed E-state index contributed by atoms with van der Waals surface area (Å²) in [6.07, 6.45) is 0.170. The molecule has 7 nitrogen and oxygen atoms in total. The van der Waals surface area contributed by atoms with Crippen LogP contribution >= 0.6 is 11.8 Å². The molecule has 0 radical (unpaired) electrons. The molecule has 2 aromatic rings. The van der Waals surface area contributed by atoms with Crippen LogP contribution in [0.4, 0.5) is 20.6 Å². The minimum absolute atomic E-state index is 0.00963. The zero-order valence-electron chi connectivity index (χ0n) is 15.7. The Morgan fingerprint density at radius 2 is 2.03 bits per heavy atom. The van der Waals surface area contributed by atoms with Gasteiger partial charge in [0.1, 0.15) is 11.6 Å². The van der Waals surface area contributed by atoms with E-state index in [4.69, 9.17) is 4.74 Å². The van der Waals surface area contributed by atoms with Gasteiger partial charge in [-0.2, -0.15) is 0 Å². The third-order valence-corrected chi connectivity index (χ3v) is 5.16. The normalized spacial score (nSPS) is 13.3. The van der Waals surface area contributed by atoms with Crippen molar-refractivity contribution in [2.75, 3.05) is 36.6 Å². The van der Waals surface area contributed by atoms with Crippen LogP contribution < -0.4 is 15.4 Å². The highest BCUT2D eigenvalue weighted by Crippen LogP contribution is 2.28. The summed E-state index contributed by atoms with van der Waals surface area (Å²) in [6, 6.07) is 10.1. The van der Waals surface area contributed by atoms with Crippen LogP contribution in [-0.2, 0) is 4.79 Å². The fraction of sp³-hybridized carbons (Fsp3) is 0.250. The van der Waals surface area contributed by atoms with Gasteiger partial charge in [-0.25, -0.2) is 4.39 Å². The number of methoxy groups -OCH3 is 1. The zero-order chi connectivity index (χ0) is 20.8. The maximum atomic E-state index is 13.4. The summed E-state index contributed by atoms with van der Waals surface area (Å²) in [7, 11) is 1.45. The SMILES string of the molecule is COc1ccc(NC(=O)CCN2CCSC2=O)cc1NC(=O)c1cccc(F)c1. The van der Waals surface area contributed by atoms with Crippen LogP contribution in [0.1, 0.15) is 16.8 Å². The van der Waals surface area contributed by atoms with Crippen LogP contribution in [0.25, 0.3) is 0 Å². The molecule has 3 rings (SSSR count). The first kappa shape index (κ1) is 20.7. The summed E-state index contributed by atoms with van der Waals surface area (Å²) in [5.41, 5.74) is 0.966. The first-order valence-corrected chi connectivity index (χ1v) is 9.91. The van der Waals surface area contributed by atoms with E-state index in [1.54, 1.807) is 23.1 Å². The molecule has 9 heteroatoms. The van der Waals surface area contributed by atoms with Crippen molar-refractivity contribution in [3.63, 3.8) is 0 Å². The second-order valence-corrected chi connectivity index (χ2v) is 7.33. The number of hydrogen-bond acceptors (Lipinski definition) is 5. The fourth-order valence-electron chi connectivity index (χ4n) is 2.80. The van der Waals surface area contributed by atoms with Crippen LogP contribution in [-0.4, -0.2) is 47.9 Å². The molecule has 0 unspecified atom stereocenters. The van der Waals surface area contributed by atoms with Gasteiger partial charge in [0.15, 0.2) is 0 Å². The number of carbonyl (C=O) groups is 3. The molecule has 1 aliphatic rings. The molecule has 1 aliphatic heterocycles.